The van der Waals surface area contributed by atoms with Crippen molar-refractivity contribution in [2.45, 2.75) is 51.0 Å². The highest BCUT2D eigenvalue weighted by atomic mass is 32.1. The summed E-state index contributed by atoms with van der Waals surface area (Å²) in [5, 5.41) is 14.6. The number of hydrogen-bond acceptors (Lipinski definition) is 4. The van der Waals surface area contributed by atoms with Crippen LogP contribution in [0.5, 0.6) is 0 Å². The van der Waals surface area contributed by atoms with Crippen molar-refractivity contribution in [1.29, 1.82) is 0 Å². The Labute approximate surface area is 101 Å². The molecule has 4 heteroatoms. The Kier molecular flexibility index (Phi) is 2.94. The van der Waals surface area contributed by atoms with Gasteiger partial charge in [0.25, 0.3) is 0 Å². The molecule has 2 aliphatic carbocycles. The van der Waals surface area contributed by atoms with Crippen LogP contribution in [0.15, 0.2) is 0 Å². The van der Waals surface area contributed by atoms with Crippen LogP contribution in [-0.4, -0.2) is 22.8 Å². The van der Waals surface area contributed by atoms with Gasteiger partial charge in [0.05, 0.1) is 0 Å². The first-order valence-corrected chi connectivity index (χ1v) is 7.20. The lowest BCUT2D eigenvalue weighted by molar-refractivity contribution is 0.642. The summed E-state index contributed by atoms with van der Waals surface area (Å²) in [4.78, 5) is 0. The monoisotopic (exact) mass is 237 g/mol. The molecule has 0 aliphatic heterocycles. The van der Waals surface area contributed by atoms with E-state index in [4.69, 9.17) is 0 Å². The zero-order valence-corrected chi connectivity index (χ0v) is 10.6. The van der Waals surface area contributed by atoms with Crippen LogP contribution in [0.1, 0.15) is 48.5 Å². The zero-order valence-electron chi connectivity index (χ0n) is 9.78. The second kappa shape index (κ2) is 4.41. The van der Waals surface area contributed by atoms with Crippen LogP contribution in [0.3, 0.4) is 0 Å². The molecule has 2 aliphatic rings. The number of aromatic nitrogens is 2. The molecule has 1 aromatic rings. The Morgan fingerprint density at radius 2 is 2.19 bits per heavy atom. The molecule has 88 valence electrons. The molecule has 0 aromatic carbocycles. The second-order valence-corrected chi connectivity index (χ2v) is 6.28. The normalized spacial score (nSPS) is 28.3. The van der Waals surface area contributed by atoms with Gasteiger partial charge in [0.1, 0.15) is 10.0 Å². The highest BCUT2D eigenvalue weighted by Crippen LogP contribution is 2.47. The van der Waals surface area contributed by atoms with E-state index in [0.29, 0.717) is 0 Å². The van der Waals surface area contributed by atoms with Crippen LogP contribution >= 0.6 is 11.3 Å². The summed E-state index contributed by atoms with van der Waals surface area (Å²) in [7, 11) is 0. The van der Waals surface area contributed by atoms with E-state index in [2.05, 4.69) is 22.4 Å². The minimum absolute atomic E-state index is 0.732. The van der Waals surface area contributed by atoms with Crippen molar-refractivity contribution in [3.05, 3.63) is 10.0 Å². The third-order valence-corrected chi connectivity index (χ3v) is 4.60. The topological polar surface area (TPSA) is 37.8 Å². The summed E-state index contributed by atoms with van der Waals surface area (Å²) in [6.07, 6.45) is 6.37. The molecule has 2 atom stereocenters. The highest BCUT2D eigenvalue weighted by Gasteiger charge is 2.36. The molecule has 16 heavy (non-hydrogen) atoms. The summed E-state index contributed by atoms with van der Waals surface area (Å²) in [5.74, 6) is 1.58. The molecule has 3 nitrogen and oxygen atoms in total. The molecule has 2 unspecified atom stereocenters. The number of aryl methyl sites for hydroxylation is 1. The maximum atomic E-state index is 4.30. The van der Waals surface area contributed by atoms with E-state index >= 15 is 0 Å². The van der Waals surface area contributed by atoms with Crippen molar-refractivity contribution >= 4 is 11.3 Å². The van der Waals surface area contributed by atoms with Crippen LogP contribution in [0, 0.1) is 5.92 Å². The summed E-state index contributed by atoms with van der Waals surface area (Å²) < 4.78 is 0. The van der Waals surface area contributed by atoms with E-state index in [-0.39, 0.29) is 0 Å². The van der Waals surface area contributed by atoms with Crippen LogP contribution in [0.4, 0.5) is 0 Å². The average molecular weight is 237 g/mol. The molecule has 0 radical (unpaired) electrons. The van der Waals surface area contributed by atoms with Crippen molar-refractivity contribution in [2.24, 2.45) is 5.92 Å². The first-order valence-electron chi connectivity index (χ1n) is 6.38. The van der Waals surface area contributed by atoms with E-state index in [1.165, 1.54) is 35.7 Å². The van der Waals surface area contributed by atoms with Crippen molar-refractivity contribution in [2.75, 3.05) is 6.54 Å². The van der Waals surface area contributed by atoms with Crippen molar-refractivity contribution < 1.29 is 0 Å². The smallest absolute Gasteiger partial charge is 0.120 e. The van der Waals surface area contributed by atoms with Crippen molar-refractivity contribution in [3.8, 4) is 0 Å². The minimum atomic E-state index is 0.732. The fourth-order valence-corrected chi connectivity index (χ4v) is 3.15. The number of hydrogen-bond donors (Lipinski definition) is 1. The first kappa shape index (κ1) is 10.7. The van der Waals surface area contributed by atoms with Gasteiger partial charge < -0.3 is 5.32 Å². The largest absolute Gasteiger partial charge is 0.314 e. The molecular weight excluding hydrogens is 218 g/mol. The quantitative estimate of drug-likeness (QED) is 0.772. The Morgan fingerprint density at radius 3 is 2.88 bits per heavy atom. The van der Waals surface area contributed by atoms with Gasteiger partial charge in [-0.3, -0.25) is 0 Å². The van der Waals surface area contributed by atoms with Crippen LogP contribution < -0.4 is 5.32 Å². The van der Waals surface area contributed by atoms with Gasteiger partial charge in [-0.25, -0.2) is 0 Å². The molecule has 3 rings (SSSR count). The Hall–Kier alpha value is -0.480. The Balaban J connectivity index is 1.41. The standard InChI is InChI=1S/C12H19N3S/c1-8-7-10(8)12-15-14-11(16-12)3-2-6-13-9-4-5-9/h8-10,13H,2-7H2,1H3. The maximum Gasteiger partial charge on any atom is 0.120 e. The predicted octanol–water partition coefficient (Wildman–Crippen LogP) is 2.35. The first-order chi connectivity index (χ1) is 7.83. The fraction of sp³-hybridized carbons (Fsp3) is 0.833. The molecule has 0 spiro atoms. The fourth-order valence-electron chi connectivity index (χ4n) is 2.02. The zero-order chi connectivity index (χ0) is 11.0. The summed E-state index contributed by atoms with van der Waals surface area (Å²) in [6.45, 7) is 3.44. The van der Waals surface area contributed by atoms with Crippen LogP contribution in [0.25, 0.3) is 0 Å². The lowest BCUT2D eigenvalue weighted by Gasteiger charge is -1.99. The van der Waals surface area contributed by atoms with Gasteiger partial charge in [-0.05, 0) is 38.1 Å². The van der Waals surface area contributed by atoms with Crippen molar-refractivity contribution in [1.82, 2.24) is 15.5 Å². The summed E-state index contributed by atoms with van der Waals surface area (Å²) in [5.41, 5.74) is 0. The van der Waals surface area contributed by atoms with Crippen LogP contribution in [0.2, 0.25) is 0 Å². The second-order valence-electron chi connectivity index (χ2n) is 5.19. The minimum Gasteiger partial charge on any atom is -0.314 e. The van der Waals surface area contributed by atoms with E-state index in [1.54, 1.807) is 0 Å². The molecule has 1 aromatic heterocycles. The van der Waals surface area contributed by atoms with Gasteiger partial charge in [0, 0.05) is 18.4 Å². The molecule has 0 amide bonds. The Bertz CT molecular complexity index is 359. The van der Waals surface area contributed by atoms with E-state index < -0.39 is 0 Å². The molecule has 0 bridgehead atoms. The van der Waals surface area contributed by atoms with Crippen molar-refractivity contribution in [3.63, 3.8) is 0 Å². The lowest BCUT2D eigenvalue weighted by atomic mass is 10.3. The number of nitrogens with one attached hydrogen (secondary N) is 1. The predicted molar refractivity (Wildman–Crippen MR) is 65.8 cm³/mol. The molecule has 2 saturated carbocycles. The number of nitrogens with zero attached hydrogens (tertiary/aromatic N) is 2. The highest BCUT2D eigenvalue weighted by molar-refractivity contribution is 7.11. The van der Waals surface area contributed by atoms with Gasteiger partial charge in [-0.2, -0.15) is 0 Å². The van der Waals surface area contributed by atoms with Crippen LogP contribution in [-0.2, 0) is 6.42 Å². The average Bonchev–Trinajstić information content (AvgIpc) is 3.17. The lowest BCUT2D eigenvalue weighted by Crippen LogP contribution is -2.17. The van der Waals surface area contributed by atoms with E-state index in [1.807, 2.05) is 11.3 Å². The summed E-state index contributed by atoms with van der Waals surface area (Å²) in [6, 6.07) is 0.831. The van der Waals surface area contributed by atoms with Gasteiger partial charge in [-0.1, -0.05) is 6.92 Å². The Morgan fingerprint density at radius 1 is 1.38 bits per heavy atom. The SMILES string of the molecule is CC1CC1c1nnc(CCCNC2CC2)s1. The van der Waals surface area contributed by atoms with Gasteiger partial charge >= 0.3 is 0 Å². The third kappa shape index (κ3) is 2.61. The molecular formula is C12H19N3S. The van der Waals surface area contributed by atoms with Gasteiger partial charge in [0.2, 0.25) is 0 Å². The summed E-state index contributed by atoms with van der Waals surface area (Å²) >= 11 is 1.83. The van der Waals surface area contributed by atoms with Gasteiger partial charge in [-0.15, -0.1) is 21.5 Å². The maximum absolute atomic E-state index is 4.30. The molecule has 1 heterocycles. The van der Waals surface area contributed by atoms with E-state index in [9.17, 15) is 0 Å². The molecule has 0 saturated heterocycles. The number of rotatable bonds is 6. The third-order valence-electron chi connectivity index (χ3n) is 3.49. The van der Waals surface area contributed by atoms with Gasteiger partial charge in [0.15, 0.2) is 0 Å². The molecule has 2 fully saturated rings. The molecule has 1 N–H and O–H groups in total. The van der Waals surface area contributed by atoms with E-state index in [0.717, 1.165) is 30.8 Å².